The molecule has 2 aromatic carbocycles. The molecule has 1 aliphatic carbocycles. The van der Waals surface area contributed by atoms with E-state index < -0.39 is 28.8 Å². The zero-order chi connectivity index (χ0) is 31.7. The van der Waals surface area contributed by atoms with E-state index in [4.69, 9.17) is 32.7 Å². The van der Waals surface area contributed by atoms with E-state index in [2.05, 4.69) is 16.0 Å². The quantitative estimate of drug-likeness (QED) is 0.195. The molecule has 8 nitrogen and oxygen atoms in total. The van der Waals surface area contributed by atoms with E-state index in [1.54, 1.807) is 37.3 Å². The molecule has 234 valence electrons. The fraction of sp³-hybridized carbons (Fsp3) is 0.367. The standard InChI is InChI=1S/C30H34Cl2F2N2O6S/c1-5-24(31)23(25(32)6-2)16-27(21-11-14-26(41-29(33)34)28(15-21)40-18-20-7-8-20)42-30(37)36(3)17-19-9-12-22(13-10-19)35-43(4,38)39/h5-6,9-15,20,27,29,35H,1,7-8,16-18H2,2-4H3/b24-23+,25-6+/t27-/m0/s1. The maximum absolute atomic E-state index is 13.3. The number of ether oxygens (including phenoxy) is 3. The lowest BCUT2D eigenvalue weighted by Gasteiger charge is -2.25. The highest BCUT2D eigenvalue weighted by Gasteiger charge is 2.27. The molecule has 0 spiro atoms. The van der Waals surface area contributed by atoms with E-state index in [1.165, 1.54) is 36.2 Å². The first-order valence-corrected chi connectivity index (χ1v) is 16.0. The first-order chi connectivity index (χ1) is 20.3. The second-order valence-electron chi connectivity index (χ2n) is 10.0. The molecule has 13 heteroatoms. The van der Waals surface area contributed by atoms with Crippen LogP contribution in [-0.4, -0.2) is 45.9 Å². The van der Waals surface area contributed by atoms with Gasteiger partial charge in [-0.2, -0.15) is 8.78 Å². The van der Waals surface area contributed by atoms with Crippen LogP contribution in [0.15, 0.2) is 76.8 Å². The highest BCUT2D eigenvalue weighted by molar-refractivity contribution is 7.92. The van der Waals surface area contributed by atoms with Crippen LogP contribution in [0.3, 0.4) is 0 Å². The monoisotopic (exact) mass is 658 g/mol. The number of sulfonamides is 1. The number of hydrogen-bond donors (Lipinski definition) is 1. The Kier molecular flexibility index (Phi) is 12.3. The Bertz CT molecular complexity index is 1460. The van der Waals surface area contributed by atoms with Crippen LogP contribution in [0.2, 0.25) is 0 Å². The summed E-state index contributed by atoms with van der Waals surface area (Å²) in [4.78, 5) is 14.6. The molecule has 0 aliphatic heterocycles. The second-order valence-corrected chi connectivity index (χ2v) is 12.6. The lowest BCUT2D eigenvalue weighted by atomic mass is 9.99. The number of hydrogen-bond acceptors (Lipinski definition) is 6. The van der Waals surface area contributed by atoms with Crippen LogP contribution in [0.4, 0.5) is 19.3 Å². The molecule has 0 aromatic heterocycles. The summed E-state index contributed by atoms with van der Waals surface area (Å²) >= 11 is 12.9. The highest BCUT2D eigenvalue weighted by atomic mass is 35.5. The summed E-state index contributed by atoms with van der Waals surface area (Å²) in [7, 11) is -1.89. The van der Waals surface area contributed by atoms with Crippen molar-refractivity contribution >= 4 is 45.0 Å². The number of amides is 1. The Morgan fingerprint density at radius 1 is 1.16 bits per heavy atom. The first kappa shape index (κ1) is 34.2. The van der Waals surface area contributed by atoms with Crippen molar-refractivity contribution in [1.29, 1.82) is 0 Å². The number of halogens is 4. The van der Waals surface area contributed by atoms with E-state index in [1.807, 2.05) is 0 Å². The molecule has 1 N–H and O–H groups in total. The normalized spacial score (nSPS) is 14.9. The minimum Gasteiger partial charge on any atom is -0.489 e. The van der Waals surface area contributed by atoms with Crippen LogP contribution in [0, 0.1) is 5.92 Å². The van der Waals surface area contributed by atoms with Crippen molar-refractivity contribution in [3.8, 4) is 11.5 Å². The SMILES string of the molecule is C=C/C(Cl)=C(C[C@H](OC(=O)N(C)Cc1ccc(NS(C)(=O)=O)cc1)c1ccc(OC(F)F)c(OCC2CC2)c1)\C(Cl)=C/C. The van der Waals surface area contributed by atoms with Crippen molar-refractivity contribution in [3.63, 3.8) is 0 Å². The van der Waals surface area contributed by atoms with Crippen molar-refractivity contribution in [2.45, 2.75) is 45.4 Å². The summed E-state index contributed by atoms with van der Waals surface area (Å²) in [5.74, 6) is 0.303. The number of carbonyl (C=O) groups is 1. The third-order valence-corrected chi connectivity index (χ3v) is 7.79. The number of carbonyl (C=O) groups excluding carboxylic acids is 1. The number of nitrogens with one attached hydrogen (secondary N) is 1. The molecular formula is C30H34Cl2F2N2O6S. The molecule has 0 bridgehead atoms. The van der Waals surface area contributed by atoms with Crippen LogP contribution < -0.4 is 14.2 Å². The van der Waals surface area contributed by atoms with E-state index in [0.29, 0.717) is 39.9 Å². The van der Waals surface area contributed by atoms with Gasteiger partial charge in [0.1, 0.15) is 6.10 Å². The molecule has 1 amide bonds. The van der Waals surface area contributed by atoms with Gasteiger partial charge < -0.3 is 19.1 Å². The van der Waals surface area contributed by atoms with E-state index in [0.717, 1.165) is 19.1 Å². The molecule has 0 radical (unpaired) electrons. The predicted octanol–water partition coefficient (Wildman–Crippen LogP) is 7.97. The third kappa shape index (κ3) is 11.1. The smallest absolute Gasteiger partial charge is 0.410 e. The zero-order valence-electron chi connectivity index (χ0n) is 24.0. The number of allylic oxidation sites excluding steroid dienone is 4. The van der Waals surface area contributed by atoms with Crippen molar-refractivity contribution < 1.29 is 36.2 Å². The highest BCUT2D eigenvalue weighted by Crippen LogP contribution is 2.39. The molecule has 1 atom stereocenters. The molecule has 1 fully saturated rings. The van der Waals surface area contributed by atoms with Gasteiger partial charge in [0.05, 0.1) is 12.9 Å². The van der Waals surface area contributed by atoms with Gasteiger partial charge in [-0.1, -0.05) is 60.1 Å². The lowest BCUT2D eigenvalue weighted by molar-refractivity contribution is -0.0515. The Labute approximate surface area is 260 Å². The van der Waals surface area contributed by atoms with Crippen LogP contribution in [-0.2, 0) is 21.3 Å². The largest absolute Gasteiger partial charge is 0.489 e. The van der Waals surface area contributed by atoms with Crippen LogP contribution in [0.25, 0.3) is 0 Å². The summed E-state index contributed by atoms with van der Waals surface area (Å²) in [5.41, 5.74) is 2.00. The van der Waals surface area contributed by atoms with Gasteiger partial charge in [-0.3, -0.25) is 4.72 Å². The van der Waals surface area contributed by atoms with E-state index in [-0.39, 0.29) is 29.5 Å². The minimum absolute atomic E-state index is 0.0383. The van der Waals surface area contributed by atoms with Crippen LogP contribution in [0.5, 0.6) is 11.5 Å². The molecule has 1 aliphatic rings. The fourth-order valence-corrected chi connectivity index (χ4v) is 4.96. The summed E-state index contributed by atoms with van der Waals surface area (Å²) in [6.07, 6.45) is 4.47. The molecule has 0 saturated heterocycles. The second kappa shape index (κ2) is 15.4. The molecule has 3 rings (SSSR count). The van der Waals surface area contributed by atoms with Gasteiger partial charge in [0, 0.05) is 35.8 Å². The third-order valence-electron chi connectivity index (χ3n) is 6.36. The molecule has 0 heterocycles. The topological polar surface area (TPSA) is 94.2 Å². The van der Waals surface area contributed by atoms with E-state index in [9.17, 15) is 22.0 Å². The maximum Gasteiger partial charge on any atom is 0.410 e. The van der Waals surface area contributed by atoms with Gasteiger partial charge in [0.25, 0.3) is 0 Å². The Hall–Kier alpha value is -3.28. The maximum atomic E-state index is 13.3. The Balaban J connectivity index is 1.89. The average molecular weight is 660 g/mol. The van der Waals surface area contributed by atoms with Gasteiger partial charge in [0.15, 0.2) is 11.5 Å². The zero-order valence-corrected chi connectivity index (χ0v) is 26.3. The van der Waals surface area contributed by atoms with Crippen LogP contribution in [0.1, 0.15) is 43.4 Å². The van der Waals surface area contributed by atoms with Crippen LogP contribution >= 0.6 is 23.2 Å². The number of nitrogens with zero attached hydrogens (tertiary/aromatic N) is 1. The van der Waals surface area contributed by atoms with Crippen molar-refractivity contribution in [3.05, 3.63) is 88.0 Å². The van der Waals surface area contributed by atoms with Gasteiger partial charge in [-0.05, 0) is 66.6 Å². The first-order valence-electron chi connectivity index (χ1n) is 13.3. The Morgan fingerprint density at radius 3 is 2.40 bits per heavy atom. The van der Waals surface area contributed by atoms with Gasteiger partial charge in [0.2, 0.25) is 10.0 Å². The van der Waals surface area contributed by atoms with Gasteiger partial charge >= 0.3 is 12.7 Å². The summed E-state index contributed by atoms with van der Waals surface area (Å²) in [6.45, 7) is 2.86. The summed E-state index contributed by atoms with van der Waals surface area (Å²) < 4.78 is 67.9. The van der Waals surface area contributed by atoms with Crippen molar-refractivity contribution in [2.75, 3.05) is 24.6 Å². The minimum atomic E-state index is -3.43. The van der Waals surface area contributed by atoms with E-state index >= 15 is 0 Å². The molecule has 2 aromatic rings. The molecule has 43 heavy (non-hydrogen) atoms. The molecule has 1 saturated carbocycles. The fourth-order valence-electron chi connectivity index (χ4n) is 3.99. The lowest BCUT2D eigenvalue weighted by Crippen LogP contribution is -2.28. The van der Waals surface area contributed by atoms with Gasteiger partial charge in [-0.25, -0.2) is 13.2 Å². The summed E-state index contributed by atoms with van der Waals surface area (Å²) in [5, 5.41) is 0.577. The van der Waals surface area contributed by atoms with Crippen molar-refractivity contribution in [2.24, 2.45) is 5.92 Å². The number of benzene rings is 2. The number of alkyl halides is 2. The number of anilines is 1. The van der Waals surface area contributed by atoms with Gasteiger partial charge in [-0.15, -0.1) is 0 Å². The summed E-state index contributed by atoms with van der Waals surface area (Å²) in [6, 6.07) is 10.9. The van der Waals surface area contributed by atoms with Crippen molar-refractivity contribution in [1.82, 2.24) is 4.90 Å². The average Bonchev–Trinajstić information content (AvgIpc) is 3.78. The predicted molar refractivity (Wildman–Crippen MR) is 164 cm³/mol. The number of rotatable bonds is 15. The molecular weight excluding hydrogens is 625 g/mol. The molecule has 0 unspecified atom stereocenters. The Morgan fingerprint density at radius 2 is 1.84 bits per heavy atom.